The number of nitrogens with zero attached hydrogens (tertiary/aromatic N) is 2. The minimum absolute atomic E-state index is 0.0421. The van der Waals surface area contributed by atoms with Gasteiger partial charge in [0.25, 0.3) is 5.69 Å². The summed E-state index contributed by atoms with van der Waals surface area (Å²) < 4.78 is 27.2. The molecule has 1 aliphatic heterocycles. The molecule has 3 rings (SSSR count). The van der Waals surface area contributed by atoms with Crippen LogP contribution in [0.3, 0.4) is 0 Å². The van der Waals surface area contributed by atoms with Gasteiger partial charge < -0.3 is 4.90 Å². The average molecular weight is 417 g/mol. The zero-order chi connectivity index (χ0) is 20.9. The second-order valence-electron chi connectivity index (χ2n) is 7.18. The fraction of sp³-hybridized carbons (Fsp3) is 0.350. The molecule has 29 heavy (non-hydrogen) atoms. The average Bonchev–Trinajstić information content (AvgIpc) is 3.05. The van der Waals surface area contributed by atoms with Gasteiger partial charge >= 0.3 is 0 Å². The van der Waals surface area contributed by atoms with Gasteiger partial charge in [0.15, 0.2) is 0 Å². The van der Waals surface area contributed by atoms with E-state index in [1.165, 1.54) is 24.3 Å². The number of nitro benzene ring substituents is 1. The van der Waals surface area contributed by atoms with Gasteiger partial charge in [-0.05, 0) is 23.5 Å². The highest BCUT2D eigenvalue weighted by molar-refractivity contribution is 7.88. The quantitative estimate of drug-likeness (QED) is 0.496. The summed E-state index contributed by atoms with van der Waals surface area (Å²) >= 11 is 0. The van der Waals surface area contributed by atoms with Crippen LogP contribution in [0.4, 0.5) is 5.69 Å². The van der Waals surface area contributed by atoms with Crippen molar-refractivity contribution in [2.24, 2.45) is 5.92 Å². The summed E-state index contributed by atoms with van der Waals surface area (Å²) in [6, 6.07) is 15.3. The van der Waals surface area contributed by atoms with Crippen LogP contribution in [0.5, 0.6) is 0 Å². The molecule has 8 nitrogen and oxygen atoms in total. The van der Waals surface area contributed by atoms with E-state index in [1.54, 1.807) is 4.90 Å². The molecule has 0 saturated carbocycles. The topological polar surface area (TPSA) is 110 Å². The monoisotopic (exact) mass is 417 g/mol. The zero-order valence-electron chi connectivity index (χ0n) is 15.9. The largest absolute Gasteiger partial charge is 0.342 e. The standard InChI is InChI=1S/C20H23N3O5S/c24-20-12-18(14-22(20)11-10-16-4-2-1-3-5-16)13-21-29(27,28)15-17-6-8-19(9-7-17)23(25)26/h1-9,18,21H,10-15H2/t18-/m0/s1. The number of hydrogen-bond donors (Lipinski definition) is 1. The lowest BCUT2D eigenvalue weighted by Crippen LogP contribution is -2.32. The van der Waals surface area contributed by atoms with Crippen LogP contribution in [0.15, 0.2) is 54.6 Å². The summed E-state index contributed by atoms with van der Waals surface area (Å²) in [5.74, 6) is -0.283. The second-order valence-corrected chi connectivity index (χ2v) is 8.98. The Kier molecular flexibility index (Phi) is 6.60. The smallest absolute Gasteiger partial charge is 0.269 e. The summed E-state index contributed by atoms with van der Waals surface area (Å²) in [6.07, 6.45) is 1.10. The number of sulfonamides is 1. The highest BCUT2D eigenvalue weighted by Crippen LogP contribution is 2.19. The number of nitro groups is 1. The van der Waals surface area contributed by atoms with Crippen LogP contribution >= 0.6 is 0 Å². The van der Waals surface area contributed by atoms with Gasteiger partial charge in [-0.3, -0.25) is 14.9 Å². The highest BCUT2D eigenvalue weighted by Gasteiger charge is 2.30. The van der Waals surface area contributed by atoms with Crippen LogP contribution in [-0.2, 0) is 27.0 Å². The Morgan fingerprint density at radius 3 is 2.41 bits per heavy atom. The van der Waals surface area contributed by atoms with Crippen LogP contribution in [0.1, 0.15) is 17.5 Å². The Bertz CT molecular complexity index is 961. The van der Waals surface area contributed by atoms with Gasteiger partial charge in [0.1, 0.15) is 0 Å². The van der Waals surface area contributed by atoms with Crippen molar-refractivity contribution in [2.45, 2.75) is 18.6 Å². The van der Waals surface area contributed by atoms with Crippen LogP contribution < -0.4 is 4.72 Å². The van der Waals surface area contributed by atoms with E-state index >= 15 is 0 Å². The number of carbonyl (C=O) groups excluding carboxylic acids is 1. The first-order valence-electron chi connectivity index (χ1n) is 9.35. The molecule has 0 aliphatic carbocycles. The molecule has 1 saturated heterocycles. The molecule has 1 atom stereocenters. The predicted molar refractivity (Wildman–Crippen MR) is 109 cm³/mol. The molecule has 2 aromatic rings. The number of amides is 1. The molecular weight excluding hydrogens is 394 g/mol. The number of hydrogen-bond acceptors (Lipinski definition) is 5. The van der Waals surface area contributed by atoms with Gasteiger partial charge in [-0.15, -0.1) is 0 Å². The van der Waals surface area contributed by atoms with Crippen molar-refractivity contribution in [3.05, 3.63) is 75.8 Å². The van der Waals surface area contributed by atoms with Crippen molar-refractivity contribution in [2.75, 3.05) is 19.6 Å². The van der Waals surface area contributed by atoms with Crippen molar-refractivity contribution in [1.29, 1.82) is 0 Å². The van der Waals surface area contributed by atoms with E-state index in [2.05, 4.69) is 4.72 Å². The fourth-order valence-corrected chi connectivity index (χ4v) is 4.57. The normalized spacial score (nSPS) is 16.9. The molecule has 1 aliphatic rings. The lowest BCUT2D eigenvalue weighted by atomic mass is 10.1. The molecular formula is C20H23N3O5S. The second kappa shape index (κ2) is 9.15. The van der Waals surface area contributed by atoms with Gasteiger partial charge in [-0.2, -0.15) is 0 Å². The molecule has 0 aromatic heterocycles. The summed E-state index contributed by atoms with van der Waals surface area (Å²) in [5, 5.41) is 10.7. The zero-order valence-corrected chi connectivity index (χ0v) is 16.7. The Morgan fingerprint density at radius 2 is 1.76 bits per heavy atom. The molecule has 1 heterocycles. The summed E-state index contributed by atoms with van der Waals surface area (Å²) in [7, 11) is -3.60. The fourth-order valence-electron chi connectivity index (χ4n) is 3.34. The molecule has 0 bridgehead atoms. The summed E-state index contributed by atoms with van der Waals surface area (Å²) in [6.45, 7) is 1.35. The van der Waals surface area contributed by atoms with Crippen molar-refractivity contribution in [1.82, 2.24) is 9.62 Å². The number of nitrogens with one attached hydrogen (secondary N) is 1. The van der Waals surface area contributed by atoms with Crippen molar-refractivity contribution in [3.63, 3.8) is 0 Å². The van der Waals surface area contributed by atoms with Gasteiger partial charge in [0.05, 0.1) is 10.7 Å². The van der Waals surface area contributed by atoms with E-state index in [-0.39, 0.29) is 29.8 Å². The maximum atomic E-state index is 12.3. The van der Waals surface area contributed by atoms with Crippen LogP contribution in [0, 0.1) is 16.0 Å². The Labute approximate surface area is 169 Å². The Balaban J connectivity index is 1.47. The van der Waals surface area contributed by atoms with E-state index in [0.29, 0.717) is 25.1 Å². The van der Waals surface area contributed by atoms with E-state index in [4.69, 9.17) is 0 Å². The first kappa shape index (κ1) is 20.9. The third kappa shape index (κ3) is 6.10. The molecule has 1 N–H and O–H groups in total. The Hall–Kier alpha value is -2.78. The lowest BCUT2D eigenvalue weighted by molar-refractivity contribution is -0.384. The lowest BCUT2D eigenvalue weighted by Gasteiger charge is -2.17. The molecule has 0 unspecified atom stereocenters. The minimum Gasteiger partial charge on any atom is -0.342 e. The van der Waals surface area contributed by atoms with E-state index in [9.17, 15) is 23.3 Å². The number of likely N-dealkylation sites (tertiary alicyclic amines) is 1. The number of carbonyl (C=O) groups is 1. The first-order chi connectivity index (χ1) is 13.8. The van der Waals surface area contributed by atoms with Gasteiger partial charge in [0, 0.05) is 38.2 Å². The Morgan fingerprint density at radius 1 is 1.07 bits per heavy atom. The van der Waals surface area contributed by atoms with Crippen LogP contribution in [0.2, 0.25) is 0 Å². The number of non-ortho nitro benzene ring substituents is 1. The molecule has 0 spiro atoms. The summed E-state index contributed by atoms with van der Waals surface area (Å²) in [5.41, 5.74) is 1.54. The molecule has 1 amide bonds. The van der Waals surface area contributed by atoms with E-state index in [1.807, 2.05) is 30.3 Å². The maximum absolute atomic E-state index is 12.3. The number of rotatable bonds is 9. The number of benzene rings is 2. The van der Waals surface area contributed by atoms with Crippen molar-refractivity contribution >= 4 is 21.6 Å². The van der Waals surface area contributed by atoms with E-state index in [0.717, 1.165) is 12.0 Å². The van der Waals surface area contributed by atoms with Crippen molar-refractivity contribution < 1.29 is 18.1 Å². The highest BCUT2D eigenvalue weighted by atomic mass is 32.2. The van der Waals surface area contributed by atoms with Gasteiger partial charge in [-0.1, -0.05) is 42.5 Å². The van der Waals surface area contributed by atoms with Crippen molar-refractivity contribution in [3.8, 4) is 0 Å². The SMILES string of the molecule is O=C1C[C@@H](CNS(=O)(=O)Cc2ccc([N+](=O)[O-])cc2)CN1CCc1ccccc1. The molecule has 1 fully saturated rings. The maximum Gasteiger partial charge on any atom is 0.269 e. The molecule has 9 heteroatoms. The summed E-state index contributed by atoms with van der Waals surface area (Å²) in [4.78, 5) is 24.1. The van der Waals surface area contributed by atoms with Gasteiger partial charge in [0.2, 0.25) is 15.9 Å². The predicted octanol–water partition coefficient (Wildman–Crippen LogP) is 2.11. The van der Waals surface area contributed by atoms with E-state index < -0.39 is 14.9 Å². The minimum atomic E-state index is -3.60. The van der Waals surface area contributed by atoms with Crippen LogP contribution in [-0.4, -0.2) is 43.8 Å². The molecule has 154 valence electrons. The van der Waals surface area contributed by atoms with Gasteiger partial charge in [-0.25, -0.2) is 13.1 Å². The molecule has 2 aromatic carbocycles. The first-order valence-corrected chi connectivity index (χ1v) is 11.0. The molecule has 0 radical (unpaired) electrons. The third-order valence-electron chi connectivity index (χ3n) is 4.90. The van der Waals surface area contributed by atoms with Crippen LogP contribution in [0.25, 0.3) is 0 Å². The third-order valence-corrected chi connectivity index (χ3v) is 6.22.